The molecule has 38 heavy (non-hydrogen) atoms. The Labute approximate surface area is 234 Å². The van der Waals surface area contributed by atoms with Gasteiger partial charge in [-0.05, 0) is 121 Å². The Hall–Kier alpha value is -1.11. The van der Waals surface area contributed by atoms with Gasteiger partial charge in [0.1, 0.15) is 0 Å². The summed E-state index contributed by atoms with van der Waals surface area (Å²) in [5.41, 5.74) is 0.500. The van der Waals surface area contributed by atoms with Crippen molar-refractivity contribution >= 4 is 17.4 Å². The van der Waals surface area contributed by atoms with Gasteiger partial charge in [0, 0.05) is 11.4 Å². The number of ether oxygens (including phenoxy) is 1. The Kier molecular flexibility index (Phi) is 8.53. The minimum atomic E-state index is -0.305. The van der Waals surface area contributed by atoms with Crippen molar-refractivity contribution in [3.63, 3.8) is 0 Å². The van der Waals surface area contributed by atoms with Gasteiger partial charge < -0.3 is 20.3 Å². The Bertz CT molecular complexity index is 938. The van der Waals surface area contributed by atoms with Crippen LogP contribution in [0.4, 0.5) is 4.79 Å². The van der Waals surface area contributed by atoms with Crippen LogP contribution in [0.15, 0.2) is 17.5 Å². The van der Waals surface area contributed by atoms with Crippen molar-refractivity contribution in [3.8, 4) is 0 Å². The van der Waals surface area contributed by atoms with E-state index in [0.29, 0.717) is 54.6 Å². The molecule has 0 spiro atoms. The molecule has 3 N–H and O–H groups in total. The van der Waals surface area contributed by atoms with E-state index in [1.807, 2.05) is 6.07 Å². The predicted molar refractivity (Wildman–Crippen MR) is 153 cm³/mol. The molecule has 0 aliphatic heterocycles. The fraction of sp³-hybridized carbons (Fsp3) is 0.844. The minimum absolute atomic E-state index is 0.193. The Balaban J connectivity index is 1.19. The van der Waals surface area contributed by atoms with Crippen LogP contribution < -0.4 is 5.32 Å². The van der Waals surface area contributed by atoms with Gasteiger partial charge in [0.25, 0.3) is 0 Å². The molecule has 0 radical (unpaired) electrons. The van der Waals surface area contributed by atoms with E-state index in [4.69, 9.17) is 4.74 Å². The van der Waals surface area contributed by atoms with E-state index in [0.717, 1.165) is 38.5 Å². The lowest BCUT2D eigenvalue weighted by Crippen LogP contribution is -2.62. The van der Waals surface area contributed by atoms with Crippen molar-refractivity contribution in [2.75, 3.05) is 13.2 Å². The number of aliphatic hydroxyl groups excluding tert-OH is 2. The van der Waals surface area contributed by atoms with Crippen molar-refractivity contribution < 1.29 is 19.7 Å². The van der Waals surface area contributed by atoms with Gasteiger partial charge in [0.2, 0.25) is 0 Å². The van der Waals surface area contributed by atoms with E-state index in [1.54, 1.807) is 11.3 Å². The summed E-state index contributed by atoms with van der Waals surface area (Å²) in [6.07, 6.45) is 9.81. The van der Waals surface area contributed by atoms with Crippen LogP contribution in [0.1, 0.15) is 90.4 Å². The lowest BCUT2D eigenvalue weighted by molar-refractivity contribution is -0.203. The number of hydrogen-bond donors (Lipinski definition) is 3. The van der Waals surface area contributed by atoms with Crippen molar-refractivity contribution in [2.24, 2.45) is 52.3 Å². The van der Waals surface area contributed by atoms with Gasteiger partial charge in [-0.25, -0.2) is 4.79 Å². The van der Waals surface area contributed by atoms with Crippen molar-refractivity contribution in [2.45, 2.75) is 104 Å². The van der Waals surface area contributed by atoms with Gasteiger partial charge in [-0.2, -0.15) is 0 Å². The highest BCUT2D eigenvalue weighted by Gasteiger charge is 2.64. The number of fused-ring (bicyclic) bond motifs is 5. The summed E-state index contributed by atoms with van der Waals surface area (Å²) in [5.74, 6) is 3.40. The predicted octanol–water partition coefficient (Wildman–Crippen LogP) is 6.67. The van der Waals surface area contributed by atoms with Gasteiger partial charge >= 0.3 is 6.09 Å². The Morgan fingerprint density at radius 3 is 2.63 bits per heavy atom. The highest BCUT2D eigenvalue weighted by atomic mass is 32.1. The maximum Gasteiger partial charge on any atom is 0.407 e. The fourth-order valence-electron chi connectivity index (χ4n) is 10.3. The second kappa shape index (κ2) is 11.4. The van der Waals surface area contributed by atoms with E-state index in [-0.39, 0.29) is 29.1 Å². The van der Waals surface area contributed by atoms with Crippen LogP contribution in [0.2, 0.25) is 0 Å². The topological polar surface area (TPSA) is 78.8 Å². The first-order valence-electron chi connectivity index (χ1n) is 15.5. The van der Waals surface area contributed by atoms with Crippen molar-refractivity contribution in [1.82, 2.24) is 5.32 Å². The molecule has 214 valence electrons. The van der Waals surface area contributed by atoms with Gasteiger partial charge in [0.15, 0.2) is 0 Å². The molecular weight excluding hydrogens is 494 g/mol. The quantitative estimate of drug-likeness (QED) is 0.341. The number of carbonyl (C=O) groups excluding carboxylic acids is 1. The molecule has 4 aliphatic rings. The smallest absolute Gasteiger partial charge is 0.407 e. The third kappa shape index (κ3) is 5.07. The molecule has 4 saturated carbocycles. The molecule has 4 fully saturated rings. The normalized spacial score (nSPS) is 43.0. The number of hydrogen-bond acceptors (Lipinski definition) is 5. The van der Waals surface area contributed by atoms with Crippen LogP contribution in [-0.4, -0.2) is 41.7 Å². The molecule has 11 atom stereocenters. The molecule has 0 bridgehead atoms. The summed E-state index contributed by atoms with van der Waals surface area (Å²) in [6.45, 7) is 10.7. The van der Waals surface area contributed by atoms with E-state index in [2.05, 4.69) is 44.5 Å². The summed E-state index contributed by atoms with van der Waals surface area (Å²) < 4.78 is 5.57. The summed E-state index contributed by atoms with van der Waals surface area (Å²) >= 11 is 1.71. The zero-order valence-corrected chi connectivity index (χ0v) is 24.8. The zero-order valence-electron chi connectivity index (χ0n) is 24.0. The van der Waals surface area contributed by atoms with E-state index in [9.17, 15) is 15.0 Å². The third-order valence-electron chi connectivity index (χ3n) is 12.2. The number of thiophene rings is 1. The van der Waals surface area contributed by atoms with Crippen molar-refractivity contribution in [3.05, 3.63) is 22.4 Å². The highest BCUT2D eigenvalue weighted by Crippen LogP contribution is 2.69. The number of rotatable bonds is 8. The molecule has 4 aliphatic carbocycles. The lowest BCUT2D eigenvalue weighted by Gasteiger charge is -2.64. The Morgan fingerprint density at radius 2 is 1.89 bits per heavy atom. The van der Waals surface area contributed by atoms with Crippen LogP contribution in [0.25, 0.3) is 0 Å². The first kappa shape index (κ1) is 28.4. The first-order chi connectivity index (χ1) is 18.2. The standard InChI is InChI=1S/C32H51NO4S/c1-5-23-27-19-21(34)10-14-32(27,4)26-11-15-31(3)24(8-9-25(31)28(26)29(23)35)20(2)13-17-37-30(36)33-16-12-22-7-6-18-38-22/h6-7,18,20-21,23-29,34-35H,5,8-17,19H2,1-4H3,(H,33,36)/t20-,21-,23-,24-,25+,26?,27+,28+,29-,31-,32-/m1/s1. The summed E-state index contributed by atoms with van der Waals surface area (Å²) in [4.78, 5) is 13.5. The zero-order chi connectivity index (χ0) is 27.1. The minimum Gasteiger partial charge on any atom is -0.450 e. The highest BCUT2D eigenvalue weighted by molar-refractivity contribution is 7.09. The van der Waals surface area contributed by atoms with Crippen LogP contribution in [0, 0.1) is 52.3 Å². The maximum absolute atomic E-state index is 12.2. The number of aliphatic hydroxyl groups is 2. The van der Waals surface area contributed by atoms with E-state index >= 15 is 0 Å². The Morgan fingerprint density at radius 1 is 1.13 bits per heavy atom. The van der Waals surface area contributed by atoms with Gasteiger partial charge in [-0.1, -0.05) is 40.2 Å². The molecule has 5 rings (SSSR count). The molecule has 1 amide bonds. The summed E-state index contributed by atoms with van der Waals surface area (Å²) in [6, 6.07) is 4.13. The summed E-state index contributed by atoms with van der Waals surface area (Å²) in [7, 11) is 0. The van der Waals surface area contributed by atoms with Crippen LogP contribution in [0.3, 0.4) is 0 Å². The number of amides is 1. The largest absolute Gasteiger partial charge is 0.450 e. The molecule has 1 unspecified atom stereocenters. The van der Waals surface area contributed by atoms with Crippen LogP contribution in [0.5, 0.6) is 0 Å². The average Bonchev–Trinajstić information content (AvgIpc) is 3.53. The molecule has 1 aromatic heterocycles. The molecule has 1 heterocycles. The maximum atomic E-state index is 12.2. The molecule has 1 aromatic rings. The van der Waals surface area contributed by atoms with E-state index in [1.165, 1.54) is 30.6 Å². The molecular formula is C32H51NO4S. The molecule has 6 heteroatoms. The molecule has 5 nitrogen and oxygen atoms in total. The first-order valence-corrected chi connectivity index (χ1v) is 16.4. The van der Waals surface area contributed by atoms with Crippen LogP contribution in [-0.2, 0) is 11.2 Å². The fourth-order valence-corrected chi connectivity index (χ4v) is 11.0. The number of nitrogens with one attached hydrogen (secondary N) is 1. The second-order valence-electron chi connectivity index (χ2n) is 13.8. The number of alkyl carbamates (subject to hydrolysis) is 1. The number of carbonyl (C=O) groups is 1. The average molecular weight is 546 g/mol. The lowest BCUT2D eigenvalue weighted by atomic mass is 9.41. The van der Waals surface area contributed by atoms with Crippen LogP contribution >= 0.6 is 11.3 Å². The van der Waals surface area contributed by atoms with Crippen molar-refractivity contribution in [1.29, 1.82) is 0 Å². The van der Waals surface area contributed by atoms with Gasteiger partial charge in [0.05, 0.1) is 18.8 Å². The summed E-state index contributed by atoms with van der Waals surface area (Å²) in [5, 5.41) is 27.3. The van der Waals surface area contributed by atoms with Gasteiger partial charge in [-0.15, -0.1) is 11.3 Å². The molecule has 0 saturated heterocycles. The third-order valence-corrected chi connectivity index (χ3v) is 13.1. The molecule has 0 aromatic carbocycles. The second-order valence-corrected chi connectivity index (χ2v) is 14.8. The SMILES string of the molecule is CC[C@H]1[C@@H](O)[C@@H]2C(CC[C@]3(C)[C@@H]([C@H](C)CCOC(=O)NCCc4cccs4)CC[C@@H]23)[C@@]2(C)CC[C@@H](O)C[C@@H]12. The monoisotopic (exact) mass is 545 g/mol. The van der Waals surface area contributed by atoms with Gasteiger partial charge in [-0.3, -0.25) is 0 Å². The van der Waals surface area contributed by atoms with E-state index < -0.39 is 0 Å².